The predicted molar refractivity (Wildman–Crippen MR) is 159 cm³/mol. The average molecular weight is 586 g/mol. The fraction of sp³-hybridized carbons (Fsp3) is 0.857. The van der Waals surface area contributed by atoms with Gasteiger partial charge in [0.05, 0.1) is 13.3 Å². The molecule has 12 heteroatoms. The quantitative estimate of drug-likeness (QED) is 0.121. The van der Waals surface area contributed by atoms with E-state index in [-0.39, 0.29) is 6.61 Å². The molecule has 2 aliphatic rings. The number of fused-ring (bicyclic) bond motifs is 1. The smallest absolute Gasteiger partial charge is 0.325 e. The molecule has 0 radical (unpaired) electrons. The number of anilines is 3. The SMILES string of the molecule is CCCCCCCCCCCCCCCCOC1C(OP(C)(=O)O)C(COC)OC1N1CNc2c(N)ncnc21. The molecule has 0 amide bonds. The molecule has 11 nitrogen and oxygen atoms in total. The van der Waals surface area contributed by atoms with E-state index in [0.717, 1.165) is 12.8 Å². The Morgan fingerprint density at radius 3 is 2.20 bits per heavy atom. The second kappa shape index (κ2) is 17.5. The molecule has 230 valence electrons. The first-order valence-electron chi connectivity index (χ1n) is 15.2. The summed E-state index contributed by atoms with van der Waals surface area (Å²) in [6.45, 7) is 4.52. The van der Waals surface area contributed by atoms with Crippen molar-refractivity contribution in [3.63, 3.8) is 0 Å². The molecule has 1 aromatic heterocycles. The Morgan fingerprint density at radius 1 is 1.02 bits per heavy atom. The molecule has 0 aliphatic carbocycles. The minimum absolute atomic E-state index is 0.194. The van der Waals surface area contributed by atoms with Gasteiger partial charge < -0.3 is 35.1 Å². The zero-order valence-electron chi connectivity index (χ0n) is 24.8. The van der Waals surface area contributed by atoms with Crippen LogP contribution in [-0.2, 0) is 23.3 Å². The first kappa shape index (κ1) is 33.0. The van der Waals surface area contributed by atoms with Crippen molar-refractivity contribution in [1.29, 1.82) is 0 Å². The van der Waals surface area contributed by atoms with E-state index in [2.05, 4.69) is 22.2 Å². The summed E-state index contributed by atoms with van der Waals surface area (Å²) in [5, 5.41) is 3.21. The van der Waals surface area contributed by atoms with E-state index in [1.807, 2.05) is 4.90 Å². The first-order chi connectivity index (χ1) is 19.4. The monoisotopic (exact) mass is 585 g/mol. The van der Waals surface area contributed by atoms with Crippen LogP contribution in [0.15, 0.2) is 6.33 Å². The van der Waals surface area contributed by atoms with Crippen LogP contribution in [0.2, 0.25) is 0 Å². The second-order valence-electron chi connectivity index (χ2n) is 11.1. The number of unbranched alkanes of at least 4 members (excludes halogenated alkanes) is 13. The molecule has 5 unspecified atom stereocenters. The van der Waals surface area contributed by atoms with E-state index < -0.39 is 32.1 Å². The van der Waals surface area contributed by atoms with Crippen molar-refractivity contribution in [1.82, 2.24) is 9.97 Å². The van der Waals surface area contributed by atoms with Crippen LogP contribution in [0.3, 0.4) is 0 Å². The molecule has 0 spiro atoms. The fourth-order valence-corrected chi connectivity index (χ4v) is 6.24. The lowest BCUT2D eigenvalue weighted by molar-refractivity contribution is -0.0373. The maximum absolute atomic E-state index is 12.3. The summed E-state index contributed by atoms with van der Waals surface area (Å²) in [5.74, 6) is 0.947. The highest BCUT2D eigenvalue weighted by atomic mass is 31.2. The lowest BCUT2D eigenvalue weighted by Gasteiger charge is -2.30. The van der Waals surface area contributed by atoms with Crippen molar-refractivity contribution in [3.05, 3.63) is 6.33 Å². The van der Waals surface area contributed by atoms with Crippen LogP contribution in [0.25, 0.3) is 0 Å². The largest absolute Gasteiger partial charge is 0.382 e. The number of ether oxygens (including phenoxy) is 3. The zero-order valence-corrected chi connectivity index (χ0v) is 25.7. The van der Waals surface area contributed by atoms with Crippen molar-refractivity contribution in [2.75, 3.05) is 49.6 Å². The number of nitrogen functional groups attached to an aromatic ring is 1. The number of rotatable bonds is 21. The maximum Gasteiger partial charge on any atom is 0.325 e. The Labute approximate surface area is 240 Å². The predicted octanol–water partition coefficient (Wildman–Crippen LogP) is 5.69. The van der Waals surface area contributed by atoms with E-state index in [1.54, 1.807) is 7.11 Å². The Bertz CT molecular complexity index is 906. The number of aromatic nitrogens is 2. The van der Waals surface area contributed by atoms with Crippen LogP contribution in [-0.4, -0.2) is 73.1 Å². The standard InChI is InChI=1S/C28H52N5O6P/c1-4-5-6-7-8-9-10-11-12-13-14-15-16-17-18-37-25-24(39-40(3,34)35)22(19-36-2)38-28(25)33-21-32-23-26(29)30-20-31-27(23)33/h20,22,24-25,28,32H,4-19,21H2,1-3H3,(H,34,35)(H2,29,30,31). The summed E-state index contributed by atoms with van der Waals surface area (Å²) in [7, 11) is -2.26. The van der Waals surface area contributed by atoms with Crippen LogP contribution in [0.5, 0.6) is 0 Å². The minimum atomic E-state index is -3.82. The van der Waals surface area contributed by atoms with Crippen molar-refractivity contribution in [3.8, 4) is 0 Å². The number of nitrogens with one attached hydrogen (secondary N) is 1. The summed E-state index contributed by atoms with van der Waals surface area (Å²) in [5.41, 5.74) is 6.66. The Morgan fingerprint density at radius 2 is 1.62 bits per heavy atom. The molecule has 4 N–H and O–H groups in total. The summed E-state index contributed by atoms with van der Waals surface area (Å²) < 4.78 is 35.9. The van der Waals surface area contributed by atoms with Crippen molar-refractivity contribution < 1.29 is 28.2 Å². The van der Waals surface area contributed by atoms with E-state index in [9.17, 15) is 9.46 Å². The highest BCUT2D eigenvalue weighted by molar-refractivity contribution is 7.51. The van der Waals surface area contributed by atoms with Crippen LogP contribution in [0, 0.1) is 0 Å². The third-order valence-corrected chi connectivity index (χ3v) is 8.24. The molecule has 1 fully saturated rings. The molecule has 3 heterocycles. The van der Waals surface area contributed by atoms with Gasteiger partial charge in [-0.2, -0.15) is 0 Å². The van der Waals surface area contributed by atoms with Crippen molar-refractivity contribution in [2.24, 2.45) is 0 Å². The Hall–Kier alpha value is -1.49. The van der Waals surface area contributed by atoms with Gasteiger partial charge in [0, 0.05) is 20.4 Å². The van der Waals surface area contributed by atoms with Gasteiger partial charge in [-0.1, -0.05) is 90.4 Å². The highest BCUT2D eigenvalue weighted by Gasteiger charge is 2.52. The van der Waals surface area contributed by atoms with Gasteiger partial charge in [0.25, 0.3) is 0 Å². The molecule has 1 saturated heterocycles. The van der Waals surface area contributed by atoms with E-state index in [0.29, 0.717) is 30.6 Å². The zero-order chi connectivity index (χ0) is 28.8. The lowest BCUT2D eigenvalue weighted by Crippen LogP contribution is -2.46. The van der Waals surface area contributed by atoms with Crippen LogP contribution in [0.4, 0.5) is 17.3 Å². The third kappa shape index (κ3) is 10.4. The van der Waals surface area contributed by atoms with Gasteiger partial charge in [0.2, 0.25) is 0 Å². The van der Waals surface area contributed by atoms with Crippen LogP contribution < -0.4 is 16.0 Å². The third-order valence-electron chi connectivity index (χ3n) is 7.60. The lowest BCUT2D eigenvalue weighted by atomic mass is 10.0. The fourth-order valence-electron chi connectivity index (χ4n) is 5.53. The highest BCUT2D eigenvalue weighted by Crippen LogP contribution is 2.45. The Kier molecular flexibility index (Phi) is 14.4. The molecule has 1 aromatic rings. The molecule has 3 rings (SSSR count). The van der Waals surface area contributed by atoms with E-state index in [4.69, 9.17) is 24.5 Å². The molecule has 5 atom stereocenters. The average Bonchev–Trinajstić information content (AvgIpc) is 3.48. The molecule has 2 aliphatic heterocycles. The van der Waals surface area contributed by atoms with Gasteiger partial charge in [-0.25, -0.2) is 9.97 Å². The summed E-state index contributed by atoms with van der Waals surface area (Å²) in [4.78, 5) is 20.4. The number of hydrogen-bond acceptors (Lipinski definition) is 10. The van der Waals surface area contributed by atoms with E-state index >= 15 is 0 Å². The number of nitrogens with zero attached hydrogens (tertiary/aromatic N) is 3. The summed E-state index contributed by atoms with van der Waals surface area (Å²) in [6.07, 6.45) is 16.8. The molecule has 40 heavy (non-hydrogen) atoms. The molecular formula is C28H52N5O6P. The number of hydrogen-bond donors (Lipinski definition) is 3. The second-order valence-corrected chi connectivity index (χ2v) is 12.9. The van der Waals surface area contributed by atoms with Gasteiger partial charge in [-0.15, -0.1) is 0 Å². The van der Waals surface area contributed by atoms with Crippen LogP contribution >= 0.6 is 7.60 Å². The van der Waals surface area contributed by atoms with Gasteiger partial charge in [-0.3, -0.25) is 9.09 Å². The van der Waals surface area contributed by atoms with E-state index in [1.165, 1.54) is 90.0 Å². The van der Waals surface area contributed by atoms with Gasteiger partial charge >= 0.3 is 7.60 Å². The van der Waals surface area contributed by atoms with Crippen LogP contribution in [0.1, 0.15) is 96.8 Å². The summed E-state index contributed by atoms with van der Waals surface area (Å²) in [6, 6.07) is 0. The first-order valence-corrected chi connectivity index (χ1v) is 17.2. The normalized spacial score (nSPS) is 23.8. The Balaban J connectivity index is 1.44. The summed E-state index contributed by atoms with van der Waals surface area (Å²) >= 11 is 0. The van der Waals surface area contributed by atoms with Gasteiger partial charge in [0.15, 0.2) is 17.9 Å². The minimum Gasteiger partial charge on any atom is -0.382 e. The van der Waals surface area contributed by atoms with Crippen molar-refractivity contribution >= 4 is 24.9 Å². The number of nitrogens with two attached hydrogens (primary N) is 1. The topological polar surface area (TPSA) is 141 Å². The molecular weight excluding hydrogens is 533 g/mol. The van der Waals surface area contributed by atoms with Gasteiger partial charge in [0.1, 0.15) is 30.3 Å². The van der Waals surface area contributed by atoms with Gasteiger partial charge in [-0.05, 0) is 6.42 Å². The molecule has 0 aromatic carbocycles. The van der Waals surface area contributed by atoms with Crippen molar-refractivity contribution in [2.45, 2.75) is 121 Å². The maximum atomic E-state index is 12.3. The molecule has 0 saturated carbocycles. The molecule has 0 bridgehead atoms. The number of methoxy groups -OCH3 is 1.